The fraction of sp³-hybridized carbons (Fsp3) is 0.143. The van der Waals surface area contributed by atoms with Crippen LogP contribution in [0.1, 0.15) is 11.1 Å². The number of rotatable bonds is 4. The molecule has 0 fully saturated rings. The summed E-state index contributed by atoms with van der Waals surface area (Å²) in [5, 5.41) is 7.21. The Bertz CT molecular complexity index is 578. The van der Waals surface area contributed by atoms with Crippen molar-refractivity contribution in [2.75, 3.05) is 7.05 Å². The number of aromatic nitrogens is 2. The number of hydrogen-bond acceptors (Lipinski definition) is 2. The van der Waals surface area contributed by atoms with Crippen molar-refractivity contribution in [1.29, 1.82) is 0 Å². The second-order valence-corrected chi connectivity index (χ2v) is 4.63. The normalized spacial score (nSPS) is 10.8. The molecular weight excluding hydrogens is 262 g/mol. The molecule has 1 heterocycles. The molecule has 0 saturated carbocycles. The van der Waals surface area contributed by atoms with Crippen LogP contribution in [0.25, 0.3) is 6.08 Å². The number of halogens is 1. The lowest BCUT2D eigenvalue weighted by atomic mass is 10.2. The minimum atomic E-state index is -0.0684. The predicted octanol–water partition coefficient (Wildman–Crippen LogP) is 2.73. The molecule has 1 aromatic heterocycles. The lowest BCUT2D eigenvalue weighted by Gasteiger charge is -2.13. The van der Waals surface area contributed by atoms with Crippen LogP contribution >= 0.6 is 11.6 Å². The second-order valence-electron chi connectivity index (χ2n) is 4.19. The van der Waals surface area contributed by atoms with Crippen LogP contribution in [0.5, 0.6) is 0 Å². The lowest BCUT2D eigenvalue weighted by Crippen LogP contribution is -2.23. The first-order chi connectivity index (χ1) is 9.15. The van der Waals surface area contributed by atoms with E-state index in [-0.39, 0.29) is 5.91 Å². The Morgan fingerprint density at radius 1 is 1.53 bits per heavy atom. The molecule has 0 radical (unpaired) electrons. The van der Waals surface area contributed by atoms with Crippen LogP contribution in [0, 0.1) is 0 Å². The molecule has 0 aliphatic rings. The van der Waals surface area contributed by atoms with Crippen molar-refractivity contribution in [3.05, 3.63) is 58.9 Å². The Morgan fingerprint density at radius 2 is 2.37 bits per heavy atom. The van der Waals surface area contributed by atoms with Crippen molar-refractivity contribution in [3.8, 4) is 0 Å². The van der Waals surface area contributed by atoms with Gasteiger partial charge in [-0.2, -0.15) is 5.10 Å². The van der Waals surface area contributed by atoms with Crippen LogP contribution < -0.4 is 0 Å². The summed E-state index contributed by atoms with van der Waals surface area (Å²) in [5.41, 5.74) is 1.87. The number of nitrogens with zero attached hydrogens (tertiary/aromatic N) is 2. The Hall–Kier alpha value is -2.07. The predicted molar refractivity (Wildman–Crippen MR) is 75.5 cm³/mol. The lowest BCUT2D eigenvalue weighted by molar-refractivity contribution is -0.125. The minimum Gasteiger partial charge on any atom is -0.338 e. The highest BCUT2D eigenvalue weighted by Crippen LogP contribution is 2.12. The van der Waals surface area contributed by atoms with E-state index >= 15 is 0 Å². The number of aromatic amines is 1. The zero-order chi connectivity index (χ0) is 13.7. The summed E-state index contributed by atoms with van der Waals surface area (Å²) in [5.74, 6) is -0.0684. The van der Waals surface area contributed by atoms with Gasteiger partial charge in [-0.25, -0.2) is 0 Å². The van der Waals surface area contributed by atoms with Crippen LogP contribution in [0.4, 0.5) is 0 Å². The fourth-order valence-corrected chi connectivity index (χ4v) is 1.82. The average molecular weight is 276 g/mol. The highest BCUT2D eigenvalue weighted by Gasteiger charge is 2.06. The molecule has 0 unspecified atom stereocenters. The van der Waals surface area contributed by atoms with Gasteiger partial charge in [0.05, 0.1) is 6.20 Å². The Labute approximate surface area is 116 Å². The molecule has 0 aliphatic carbocycles. The third kappa shape index (κ3) is 3.96. The smallest absolute Gasteiger partial charge is 0.246 e. The van der Waals surface area contributed by atoms with E-state index in [9.17, 15) is 4.79 Å². The fourth-order valence-electron chi connectivity index (χ4n) is 1.62. The first kappa shape index (κ1) is 13.4. The molecule has 2 aromatic rings. The number of benzene rings is 1. The van der Waals surface area contributed by atoms with Gasteiger partial charge in [-0.3, -0.25) is 9.89 Å². The van der Waals surface area contributed by atoms with Gasteiger partial charge in [0.2, 0.25) is 5.91 Å². The number of carbonyl (C=O) groups excluding carboxylic acids is 1. The molecule has 1 amide bonds. The van der Waals surface area contributed by atoms with Gasteiger partial charge in [0.1, 0.15) is 0 Å². The van der Waals surface area contributed by atoms with Gasteiger partial charge in [-0.15, -0.1) is 0 Å². The summed E-state index contributed by atoms with van der Waals surface area (Å²) in [6, 6.07) is 7.35. The first-order valence-electron chi connectivity index (χ1n) is 5.81. The molecule has 1 aromatic carbocycles. The van der Waals surface area contributed by atoms with Gasteiger partial charge in [0.15, 0.2) is 0 Å². The molecule has 5 heteroatoms. The van der Waals surface area contributed by atoms with Crippen molar-refractivity contribution >= 4 is 23.6 Å². The molecule has 1 N–H and O–H groups in total. The van der Waals surface area contributed by atoms with Gasteiger partial charge in [0.25, 0.3) is 0 Å². The molecule has 0 bridgehead atoms. The Kier molecular flexibility index (Phi) is 4.36. The molecule has 98 valence electrons. The summed E-state index contributed by atoms with van der Waals surface area (Å²) in [6.45, 7) is 0.523. The Morgan fingerprint density at radius 3 is 3.05 bits per heavy atom. The number of hydrogen-bond donors (Lipinski definition) is 1. The van der Waals surface area contributed by atoms with Crippen LogP contribution in [-0.4, -0.2) is 28.1 Å². The third-order valence-corrected chi connectivity index (χ3v) is 2.85. The van der Waals surface area contributed by atoms with Crippen molar-refractivity contribution in [2.24, 2.45) is 0 Å². The van der Waals surface area contributed by atoms with E-state index in [1.54, 1.807) is 42.6 Å². The maximum absolute atomic E-state index is 11.9. The maximum atomic E-state index is 11.9. The summed E-state index contributed by atoms with van der Waals surface area (Å²) in [6.07, 6.45) is 6.75. The summed E-state index contributed by atoms with van der Waals surface area (Å²) in [4.78, 5) is 13.5. The number of carbonyl (C=O) groups is 1. The molecule has 0 saturated heterocycles. The van der Waals surface area contributed by atoms with E-state index in [2.05, 4.69) is 10.2 Å². The van der Waals surface area contributed by atoms with Gasteiger partial charge in [0, 0.05) is 36.5 Å². The van der Waals surface area contributed by atoms with Crippen LogP contribution in [0.2, 0.25) is 5.02 Å². The maximum Gasteiger partial charge on any atom is 0.246 e. The van der Waals surface area contributed by atoms with Gasteiger partial charge >= 0.3 is 0 Å². The number of nitrogens with one attached hydrogen (secondary N) is 1. The van der Waals surface area contributed by atoms with Gasteiger partial charge < -0.3 is 4.90 Å². The van der Waals surface area contributed by atoms with E-state index in [0.29, 0.717) is 11.6 Å². The molecule has 0 spiro atoms. The quantitative estimate of drug-likeness (QED) is 0.872. The van der Waals surface area contributed by atoms with Crippen molar-refractivity contribution in [2.45, 2.75) is 6.54 Å². The molecular formula is C14H14ClN3O. The summed E-state index contributed by atoms with van der Waals surface area (Å²) in [7, 11) is 1.75. The highest BCUT2D eigenvalue weighted by molar-refractivity contribution is 6.30. The first-order valence-corrected chi connectivity index (χ1v) is 6.19. The minimum absolute atomic E-state index is 0.0684. The zero-order valence-corrected chi connectivity index (χ0v) is 11.3. The highest BCUT2D eigenvalue weighted by atomic mass is 35.5. The largest absolute Gasteiger partial charge is 0.338 e. The molecule has 0 atom stereocenters. The second kappa shape index (κ2) is 6.20. The number of amides is 1. The zero-order valence-electron chi connectivity index (χ0n) is 10.5. The topological polar surface area (TPSA) is 49.0 Å². The molecule has 0 aliphatic heterocycles. The molecule has 19 heavy (non-hydrogen) atoms. The molecule has 2 rings (SSSR count). The van der Waals surface area contributed by atoms with E-state index in [1.165, 1.54) is 6.08 Å². The van der Waals surface area contributed by atoms with Crippen molar-refractivity contribution in [1.82, 2.24) is 15.1 Å². The van der Waals surface area contributed by atoms with E-state index in [4.69, 9.17) is 11.6 Å². The van der Waals surface area contributed by atoms with Gasteiger partial charge in [-0.05, 0) is 23.8 Å². The summed E-state index contributed by atoms with van der Waals surface area (Å²) < 4.78 is 0. The summed E-state index contributed by atoms with van der Waals surface area (Å²) >= 11 is 5.88. The monoisotopic (exact) mass is 275 g/mol. The van der Waals surface area contributed by atoms with Crippen molar-refractivity contribution < 1.29 is 4.79 Å². The third-order valence-electron chi connectivity index (χ3n) is 2.62. The van der Waals surface area contributed by atoms with Crippen LogP contribution in [-0.2, 0) is 11.3 Å². The average Bonchev–Trinajstić information content (AvgIpc) is 2.89. The van der Waals surface area contributed by atoms with Crippen molar-refractivity contribution in [3.63, 3.8) is 0 Å². The number of likely N-dealkylation sites (N-methyl/N-ethyl adjacent to an activating group) is 1. The molecule has 4 nitrogen and oxygen atoms in total. The van der Waals surface area contributed by atoms with E-state index < -0.39 is 0 Å². The Balaban J connectivity index is 1.96. The van der Waals surface area contributed by atoms with Crippen LogP contribution in [0.15, 0.2) is 42.7 Å². The van der Waals surface area contributed by atoms with Crippen LogP contribution in [0.3, 0.4) is 0 Å². The van der Waals surface area contributed by atoms with E-state index in [1.807, 2.05) is 12.1 Å². The number of H-pyrrole nitrogens is 1. The van der Waals surface area contributed by atoms with Gasteiger partial charge in [-0.1, -0.05) is 23.7 Å². The van der Waals surface area contributed by atoms with E-state index in [0.717, 1.165) is 11.1 Å². The standard InChI is InChI=1S/C14H14ClN3O/c1-18(10-12-8-16-17-9-12)14(19)6-5-11-3-2-4-13(15)7-11/h2-9H,10H2,1H3,(H,16,17). The SMILES string of the molecule is CN(Cc1cn[nH]c1)C(=O)C=Cc1cccc(Cl)c1.